The lowest BCUT2D eigenvalue weighted by Crippen LogP contribution is -2.58. The molecule has 2 saturated heterocycles. The zero-order chi connectivity index (χ0) is 23.4. The van der Waals surface area contributed by atoms with Gasteiger partial charge in [0.25, 0.3) is 5.91 Å². The molecule has 0 radical (unpaired) electrons. The van der Waals surface area contributed by atoms with E-state index < -0.39 is 0 Å². The number of piperidine rings is 2. The number of anilines is 2. The summed E-state index contributed by atoms with van der Waals surface area (Å²) >= 11 is 0. The summed E-state index contributed by atoms with van der Waals surface area (Å²) in [7, 11) is 5.59. The predicted molar refractivity (Wildman–Crippen MR) is 131 cm³/mol. The Bertz CT molecular complexity index is 962. The summed E-state index contributed by atoms with van der Waals surface area (Å²) in [6, 6.07) is 15.9. The third-order valence-corrected chi connectivity index (χ3v) is 6.79. The number of hydrogen-bond donors (Lipinski definition) is 2. The Kier molecular flexibility index (Phi) is 7.18. The first kappa shape index (κ1) is 23.1. The van der Waals surface area contributed by atoms with Crippen molar-refractivity contribution in [3.8, 4) is 5.75 Å². The number of ether oxygens (including phenoxy) is 1. The first-order chi connectivity index (χ1) is 15.9. The molecule has 0 saturated carbocycles. The number of hydrogen-bond acceptors (Lipinski definition) is 5. The number of methoxy groups -OCH3 is 1. The van der Waals surface area contributed by atoms with Gasteiger partial charge in [-0.15, -0.1) is 0 Å². The summed E-state index contributed by atoms with van der Waals surface area (Å²) in [6.45, 7) is 0.390. The van der Waals surface area contributed by atoms with Crippen molar-refractivity contribution in [2.75, 3.05) is 38.0 Å². The molecular weight excluding hydrogens is 416 g/mol. The maximum Gasteiger partial charge on any atom is 0.251 e. The van der Waals surface area contributed by atoms with Crippen molar-refractivity contribution in [2.45, 2.75) is 50.2 Å². The summed E-state index contributed by atoms with van der Waals surface area (Å²) in [6.07, 6.45) is 5.05. The number of carbonyl (C=O) groups excluding carboxylic acids is 2. The van der Waals surface area contributed by atoms with Crippen LogP contribution in [0, 0.1) is 0 Å². The van der Waals surface area contributed by atoms with Gasteiger partial charge in [-0.05, 0) is 68.1 Å². The van der Waals surface area contributed by atoms with Crippen molar-refractivity contribution in [2.24, 2.45) is 0 Å². The van der Waals surface area contributed by atoms with Gasteiger partial charge in [-0.2, -0.15) is 0 Å². The van der Waals surface area contributed by atoms with Gasteiger partial charge in [0.2, 0.25) is 5.91 Å². The van der Waals surface area contributed by atoms with Gasteiger partial charge in [-0.25, -0.2) is 0 Å². The van der Waals surface area contributed by atoms with Crippen LogP contribution in [0.1, 0.15) is 42.5 Å². The lowest BCUT2D eigenvalue weighted by atomic mass is 9.81. The van der Waals surface area contributed by atoms with E-state index in [1.165, 1.54) is 6.42 Å². The average molecular weight is 451 g/mol. The van der Waals surface area contributed by atoms with Crippen LogP contribution in [-0.4, -0.2) is 62.6 Å². The van der Waals surface area contributed by atoms with Crippen molar-refractivity contribution >= 4 is 23.2 Å². The zero-order valence-electron chi connectivity index (χ0n) is 19.7. The molecular formula is C26H34N4O3. The number of nitrogens with zero attached hydrogens (tertiary/aromatic N) is 2. The fraction of sp³-hybridized carbons (Fsp3) is 0.462. The fourth-order valence-corrected chi connectivity index (χ4v) is 5.10. The topological polar surface area (TPSA) is 73.9 Å². The molecule has 2 atom stereocenters. The Balaban J connectivity index is 1.34. The van der Waals surface area contributed by atoms with E-state index in [2.05, 4.69) is 15.5 Å². The molecule has 176 valence electrons. The maximum atomic E-state index is 12.8. The van der Waals surface area contributed by atoms with Gasteiger partial charge in [0.1, 0.15) is 5.75 Å². The Morgan fingerprint density at radius 2 is 1.76 bits per heavy atom. The molecule has 2 aromatic carbocycles. The van der Waals surface area contributed by atoms with E-state index in [1.54, 1.807) is 13.2 Å². The number of rotatable bonds is 7. The molecule has 2 fully saturated rings. The third kappa shape index (κ3) is 5.66. The fourth-order valence-electron chi connectivity index (χ4n) is 5.10. The molecule has 2 N–H and O–H groups in total. The lowest BCUT2D eigenvalue weighted by molar-refractivity contribution is -0.120. The summed E-state index contributed by atoms with van der Waals surface area (Å²) in [5.41, 5.74) is 2.53. The van der Waals surface area contributed by atoms with Crippen molar-refractivity contribution < 1.29 is 14.3 Å². The molecule has 2 aliphatic heterocycles. The standard InChI is InChI=1S/C26H34N4O3/c1-29(2)21-12-10-19(11-13-21)27-25(31)17-30-22-7-5-8-23(30)16-20(15-22)28-26(32)18-6-4-9-24(14-18)33-3/h4,6,9-14,20,22-23H,5,7-8,15-17H2,1-3H3,(H,27,31)(H,28,32)/t22-,23-/m0/s1. The SMILES string of the molecule is COc1cccc(C(=O)NC2C[C@@H]3CCC[C@@H](C2)N3CC(=O)Nc2ccc(N(C)C)cc2)c1. The van der Waals surface area contributed by atoms with E-state index in [9.17, 15) is 9.59 Å². The first-order valence-electron chi connectivity index (χ1n) is 11.7. The van der Waals surface area contributed by atoms with Crippen LogP contribution in [0.2, 0.25) is 0 Å². The molecule has 2 amide bonds. The van der Waals surface area contributed by atoms with Gasteiger partial charge >= 0.3 is 0 Å². The smallest absolute Gasteiger partial charge is 0.251 e. The van der Waals surface area contributed by atoms with Crippen LogP contribution < -0.4 is 20.3 Å². The Morgan fingerprint density at radius 3 is 2.39 bits per heavy atom. The maximum absolute atomic E-state index is 12.8. The minimum absolute atomic E-state index is 0.0170. The number of amides is 2. The molecule has 7 heteroatoms. The van der Waals surface area contributed by atoms with E-state index >= 15 is 0 Å². The van der Waals surface area contributed by atoms with Gasteiger partial charge in [-0.1, -0.05) is 12.5 Å². The summed E-state index contributed by atoms with van der Waals surface area (Å²) < 4.78 is 5.24. The van der Waals surface area contributed by atoms with Crippen LogP contribution in [0.5, 0.6) is 5.75 Å². The van der Waals surface area contributed by atoms with Gasteiger partial charge in [0.15, 0.2) is 0 Å². The van der Waals surface area contributed by atoms with E-state index in [1.807, 2.05) is 61.5 Å². The highest BCUT2D eigenvalue weighted by Gasteiger charge is 2.39. The first-order valence-corrected chi connectivity index (χ1v) is 11.7. The third-order valence-electron chi connectivity index (χ3n) is 6.79. The van der Waals surface area contributed by atoms with Crippen LogP contribution in [0.25, 0.3) is 0 Å². The van der Waals surface area contributed by atoms with Gasteiger partial charge in [0, 0.05) is 49.2 Å². The zero-order valence-corrected chi connectivity index (χ0v) is 19.7. The van der Waals surface area contributed by atoms with E-state index in [0.29, 0.717) is 29.9 Å². The van der Waals surface area contributed by atoms with Crippen LogP contribution in [0.15, 0.2) is 48.5 Å². The number of fused-ring (bicyclic) bond motifs is 2. The van der Waals surface area contributed by atoms with Crippen LogP contribution >= 0.6 is 0 Å². The molecule has 0 aromatic heterocycles. The minimum Gasteiger partial charge on any atom is -0.497 e. The number of nitrogens with one attached hydrogen (secondary N) is 2. The van der Waals surface area contributed by atoms with E-state index in [0.717, 1.165) is 37.1 Å². The second-order valence-electron chi connectivity index (χ2n) is 9.27. The Morgan fingerprint density at radius 1 is 1.06 bits per heavy atom. The number of benzene rings is 2. The van der Waals surface area contributed by atoms with Crippen molar-refractivity contribution in [3.05, 3.63) is 54.1 Å². The highest BCUT2D eigenvalue weighted by molar-refractivity contribution is 5.95. The minimum atomic E-state index is -0.0654. The number of carbonyl (C=O) groups is 2. The van der Waals surface area contributed by atoms with Crippen LogP contribution in [0.4, 0.5) is 11.4 Å². The molecule has 4 rings (SSSR count). The average Bonchev–Trinajstić information content (AvgIpc) is 2.80. The Labute approximate surface area is 196 Å². The quantitative estimate of drug-likeness (QED) is 0.675. The lowest BCUT2D eigenvalue weighted by Gasteiger charge is -2.48. The molecule has 0 spiro atoms. The predicted octanol–water partition coefficient (Wildman–Crippen LogP) is 3.52. The van der Waals surface area contributed by atoms with Gasteiger partial charge in [0.05, 0.1) is 13.7 Å². The van der Waals surface area contributed by atoms with Gasteiger partial charge < -0.3 is 20.3 Å². The summed E-state index contributed by atoms with van der Waals surface area (Å²) in [5, 5.41) is 6.26. The Hall–Kier alpha value is -3.06. The second kappa shape index (κ2) is 10.3. The summed E-state index contributed by atoms with van der Waals surface area (Å²) in [4.78, 5) is 30.0. The van der Waals surface area contributed by atoms with Crippen molar-refractivity contribution in [1.29, 1.82) is 0 Å². The highest BCUT2D eigenvalue weighted by Crippen LogP contribution is 2.34. The molecule has 7 nitrogen and oxygen atoms in total. The van der Waals surface area contributed by atoms with E-state index in [-0.39, 0.29) is 17.9 Å². The van der Waals surface area contributed by atoms with Crippen molar-refractivity contribution in [3.63, 3.8) is 0 Å². The molecule has 2 aliphatic rings. The molecule has 2 bridgehead atoms. The molecule has 33 heavy (non-hydrogen) atoms. The molecule has 2 heterocycles. The summed E-state index contributed by atoms with van der Waals surface area (Å²) in [5.74, 6) is 0.629. The molecule has 2 aromatic rings. The second-order valence-corrected chi connectivity index (χ2v) is 9.27. The molecule has 0 unspecified atom stereocenters. The monoisotopic (exact) mass is 450 g/mol. The molecule has 0 aliphatic carbocycles. The van der Waals surface area contributed by atoms with Crippen molar-refractivity contribution in [1.82, 2.24) is 10.2 Å². The van der Waals surface area contributed by atoms with Gasteiger partial charge in [-0.3, -0.25) is 14.5 Å². The largest absolute Gasteiger partial charge is 0.497 e. The normalized spacial score (nSPS) is 22.3. The van der Waals surface area contributed by atoms with Crippen LogP contribution in [-0.2, 0) is 4.79 Å². The van der Waals surface area contributed by atoms with Crippen LogP contribution in [0.3, 0.4) is 0 Å². The highest BCUT2D eigenvalue weighted by atomic mass is 16.5. The van der Waals surface area contributed by atoms with E-state index in [4.69, 9.17) is 4.74 Å².